The van der Waals surface area contributed by atoms with Crippen molar-refractivity contribution in [2.75, 3.05) is 19.0 Å². The van der Waals surface area contributed by atoms with Gasteiger partial charge in [0, 0.05) is 44.5 Å². The van der Waals surface area contributed by atoms with Crippen LogP contribution in [0, 0.1) is 13.8 Å². The Labute approximate surface area is 134 Å². The van der Waals surface area contributed by atoms with E-state index in [0.717, 1.165) is 29.3 Å². The Morgan fingerprint density at radius 2 is 2.00 bits per heavy atom. The molecule has 0 saturated heterocycles. The van der Waals surface area contributed by atoms with Crippen molar-refractivity contribution >= 4 is 5.69 Å². The summed E-state index contributed by atoms with van der Waals surface area (Å²) in [6, 6.07) is 3.87. The maximum Gasteiger partial charge on any atom is 0.227 e. The van der Waals surface area contributed by atoms with Gasteiger partial charge >= 0.3 is 0 Å². The van der Waals surface area contributed by atoms with Crippen LogP contribution in [-0.2, 0) is 12.8 Å². The van der Waals surface area contributed by atoms with Crippen LogP contribution in [0.5, 0.6) is 0 Å². The third kappa shape index (κ3) is 3.39. The second-order valence-electron chi connectivity index (χ2n) is 5.70. The smallest absolute Gasteiger partial charge is 0.227 e. The Kier molecular flexibility index (Phi) is 4.10. The molecule has 0 unspecified atom stereocenters. The predicted molar refractivity (Wildman–Crippen MR) is 87.3 cm³/mol. The van der Waals surface area contributed by atoms with Crippen molar-refractivity contribution in [3.63, 3.8) is 0 Å². The van der Waals surface area contributed by atoms with E-state index < -0.39 is 0 Å². The molecule has 1 N–H and O–H groups in total. The van der Waals surface area contributed by atoms with E-state index in [-0.39, 0.29) is 0 Å². The van der Waals surface area contributed by atoms with Crippen molar-refractivity contribution in [3.05, 3.63) is 41.4 Å². The number of imidazole rings is 1. The summed E-state index contributed by atoms with van der Waals surface area (Å²) in [4.78, 5) is 18.5. The minimum atomic E-state index is 0.510. The van der Waals surface area contributed by atoms with Crippen LogP contribution in [0.3, 0.4) is 0 Å². The van der Waals surface area contributed by atoms with Crippen LogP contribution in [0.1, 0.15) is 23.1 Å². The molecule has 0 atom stereocenters. The highest BCUT2D eigenvalue weighted by Gasteiger charge is 2.12. The van der Waals surface area contributed by atoms with Crippen LogP contribution in [0.4, 0.5) is 5.69 Å². The molecule has 3 heterocycles. The van der Waals surface area contributed by atoms with E-state index >= 15 is 0 Å². The first kappa shape index (κ1) is 15.2. The molecule has 3 rings (SSSR count). The first-order chi connectivity index (χ1) is 11.0. The number of H-pyrrole nitrogens is 1. The van der Waals surface area contributed by atoms with Gasteiger partial charge in [-0.05, 0) is 26.0 Å². The number of nitrogens with zero attached hydrogens (tertiary/aromatic N) is 5. The van der Waals surface area contributed by atoms with E-state index in [0.29, 0.717) is 23.8 Å². The molecule has 23 heavy (non-hydrogen) atoms. The second kappa shape index (κ2) is 6.20. The number of anilines is 1. The first-order valence-electron chi connectivity index (χ1n) is 7.51. The molecular weight excluding hydrogens is 292 g/mol. The van der Waals surface area contributed by atoms with Gasteiger partial charge in [-0.25, -0.2) is 4.98 Å². The van der Waals surface area contributed by atoms with Crippen molar-refractivity contribution in [1.82, 2.24) is 25.1 Å². The lowest BCUT2D eigenvalue weighted by atomic mass is 10.3. The van der Waals surface area contributed by atoms with Crippen LogP contribution >= 0.6 is 0 Å². The third-order valence-electron chi connectivity index (χ3n) is 3.71. The van der Waals surface area contributed by atoms with E-state index in [9.17, 15) is 0 Å². The van der Waals surface area contributed by atoms with Crippen molar-refractivity contribution < 1.29 is 4.52 Å². The molecule has 0 aromatic carbocycles. The van der Waals surface area contributed by atoms with E-state index in [1.165, 1.54) is 0 Å². The van der Waals surface area contributed by atoms with Gasteiger partial charge in [-0.15, -0.1) is 0 Å². The second-order valence-corrected chi connectivity index (χ2v) is 5.70. The van der Waals surface area contributed by atoms with Gasteiger partial charge in [-0.1, -0.05) is 5.16 Å². The highest BCUT2D eigenvalue weighted by molar-refractivity contribution is 5.57. The van der Waals surface area contributed by atoms with Gasteiger partial charge in [0.25, 0.3) is 0 Å². The number of hydrogen-bond acceptors (Lipinski definition) is 6. The molecule has 3 aromatic heterocycles. The average Bonchev–Trinajstić information content (AvgIpc) is 3.13. The van der Waals surface area contributed by atoms with E-state index in [4.69, 9.17) is 4.52 Å². The molecule has 0 spiro atoms. The molecule has 7 nitrogen and oxygen atoms in total. The summed E-state index contributed by atoms with van der Waals surface area (Å²) in [6.07, 6.45) is 3.13. The van der Waals surface area contributed by atoms with Gasteiger partial charge in [0.1, 0.15) is 11.5 Å². The summed E-state index contributed by atoms with van der Waals surface area (Å²) in [7, 11) is 3.96. The van der Waals surface area contributed by atoms with Crippen molar-refractivity contribution in [3.8, 4) is 11.5 Å². The molecule has 3 aromatic rings. The largest absolute Gasteiger partial charge is 0.378 e. The Balaban J connectivity index is 1.71. The molecule has 0 aliphatic carbocycles. The normalized spacial score (nSPS) is 11.0. The maximum atomic E-state index is 5.32. The number of aromatic amines is 1. The highest BCUT2D eigenvalue weighted by Crippen LogP contribution is 2.19. The lowest BCUT2D eigenvalue weighted by Gasteiger charge is -2.11. The molecule has 0 fully saturated rings. The monoisotopic (exact) mass is 312 g/mol. The van der Waals surface area contributed by atoms with Crippen LogP contribution < -0.4 is 4.90 Å². The lowest BCUT2D eigenvalue weighted by molar-refractivity contribution is 0.378. The van der Waals surface area contributed by atoms with Gasteiger partial charge in [0.05, 0.1) is 5.69 Å². The SMILES string of the molecule is Cc1nc(CCc2nc(-c3cc(N(C)C)ccn3)no2)[nH]c1C. The predicted octanol–water partition coefficient (Wildman–Crippen LogP) is 2.32. The van der Waals surface area contributed by atoms with Crippen molar-refractivity contribution in [2.24, 2.45) is 0 Å². The number of aryl methyl sites for hydroxylation is 4. The fourth-order valence-corrected chi connectivity index (χ4v) is 2.25. The summed E-state index contributed by atoms with van der Waals surface area (Å²) in [5.41, 5.74) is 3.87. The van der Waals surface area contributed by atoms with Crippen molar-refractivity contribution in [1.29, 1.82) is 0 Å². The Morgan fingerprint density at radius 3 is 2.70 bits per heavy atom. The minimum Gasteiger partial charge on any atom is -0.378 e. The fraction of sp³-hybridized carbons (Fsp3) is 0.375. The minimum absolute atomic E-state index is 0.510. The molecule has 0 saturated carbocycles. The van der Waals surface area contributed by atoms with Gasteiger partial charge in [0.2, 0.25) is 11.7 Å². The van der Waals surface area contributed by atoms with Crippen molar-refractivity contribution in [2.45, 2.75) is 26.7 Å². The maximum absolute atomic E-state index is 5.32. The molecule has 0 bridgehead atoms. The molecule has 0 aliphatic rings. The van der Waals surface area contributed by atoms with Crippen LogP contribution in [0.25, 0.3) is 11.5 Å². The molecule has 7 heteroatoms. The van der Waals surface area contributed by atoms with Gasteiger partial charge in [-0.3, -0.25) is 4.98 Å². The summed E-state index contributed by atoms with van der Waals surface area (Å²) in [5.74, 6) is 2.03. The zero-order chi connectivity index (χ0) is 16.4. The van der Waals surface area contributed by atoms with Gasteiger partial charge in [0.15, 0.2) is 0 Å². The number of rotatable bonds is 5. The van der Waals surface area contributed by atoms with Gasteiger partial charge in [-0.2, -0.15) is 4.98 Å². The number of aromatic nitrogens is 5. The van der Waals surface area contributed by atoms with E-state index in [1.807, 2.05) is 45.0 Å². The quantitative estimate of drug-likeness (QED) is 0.778. The van der Waals surface area contributed by atoms with Gasteiger partial charge < -0.3 is 14.4 Å². The molecule has 0 radical (unpaired) electrons. The zero-order valence-corrected chi connectivity index (χ0v) is 13.8. The average molecular weight is 312 g/mol. The molecular formula is C16H20N6O. The van der Waals surface area contributed by atoms with E-state index in [2.05, 4.69) is 25.1 Å². The highest BCUT2D eigenvalue weighted by atomic mass is 16.5. The number of pyridine rings is 1. The summed E-state index contributed by atoms with van der Waals surface area (Å²) >= 11 is 0. The van der Waals surface area contributed by atoms with Crippen LogP contribution in [0.2, 0.25) is 0 Å². The summed E-state index contributed by atoms with van der Waals surface area (Å²) < 4.78 is 5.32. The molecule has 120 valence electrons. The van der Waals surface area contributed by atoms with Crippen LogP contribution in [0.15, 0.2) is 22.9 Å². The summed E-state index contributed by atoms with van der Waals surface area (Å²) in [6.45, 7) is 4.00. The zero-order valence-electron chi connectivity index (χ0n) is 13.8. The Hall–Kier alpha value is -2.70. The Morgan fingerprint density at radius 1 is 1.17 bits per heavy atom. The number of hydrogen-bond donors (Lipinski definition) is 1. The topological polar surface area (TPSA) is 83.7 Å². The molecule has 0 aliphatic heterocycles. The van der Waals surface area contributed by atoms with Crippen LogP contribution in [-0.4, -0.2) is 39.2 Å². The lowest BCUT2D eigenvalue weighted by Crippen LogP contribution is -2.08. The Bertz CT molecular complexity index is 785. The fourth-order valence-electron chi connectivity index (χ4n) is 2.25. The van der Waals surface area contributed by atoms with E-state index in [1.54, 1.807) is 6.20 Å². The standard InChI is InChI=1S/C16H20N6O/c1-10-11(2)19-14(18-10)5-6-15-20-16(21-23-15)13-9-12(22(3)4)7-8-17-13/h7-9H,5-6H2,1-4H3,(H,18,19). The molecule has 0 amide bonds. The summed E-state index contributed by atoms with van der Waals surface area (Å²) in [5, 5.41) is 4.02. The number of nitrogens with one attached hydrogen (secondary N) is 1. The first-order valence-corrected chi connectivity index (χ1v) is 7.51. The third-order valence-corrected chi connectivity index (χ3v) is 3.71.